The van der Waals surface area contributed by atoms with E-state index in [2.05, 4.69) is 174 Å². The van der Waals surface area contributed by atoms with Crippen molar-refractivity contribution in [2.75, 3.05) is 0 Å². The van der Waals surface area contributed by atoms with Gasteiger partial charge in [-0.05, 0) is 69.1 Å². The van der Waals surface area contributed by atoms with Crippen molar-refractivity contribution in [1.29, 1.82) is 0 Å². The zero-order valence-corrected chi connectivity index (χ0v) is 25.6. The van der Waals surface area contributed by atoms with Gasteiger partial charge in [0.05, 0.1) is 22.2 Å². The maximum Gasteiger partial charge on any atom is 0.0789 e. The molecule has 0 aliphatic heterocycles. The largest absolute Gasteiger partial charge is 0.309 e. The first-order valence-electron chi connectivity index (χ1n) is 16.1. The molecule has 10 aromatic rings. The third-order valence-corrected chi connectivity index (χ3v) is 9.73. The minimum atomic E-state index is 0.994. The SMILES string of the molecule is c1ccc(-n2c3ccccc3c3ccc4c(-c5cccc(-c6cc7ccccc7c7ccccc67)c5)nc5ccccc5c4c32)cc1. The molecule has 10 rings (SSSR count). The number of aromatic nitrogens is 2. The average molecular weight is 597 g/mol. The molecule has 2 heteroatoms. The first kappa shape index (κ1) is 26.0. The molecule has 0 fully saturated rings. The van der Waals surface area contributed by atoms with E-state index in [9.17, 15) is 0 Å². The zero-order valence-electron chi connectivity index (χ0n) is 25.6. The summed E-state index contributed by atoms with van der Waals surface area (Å²) in [6, 6.07) is 61.3. The number of hydrogen-bond acceptors (Lipinski definition) is 1. The maximum absolute atomic E-state index is 5.37. The lowest BCUT2D eigenvalue weighted by Crippen LogP contribution is -1.96. The minimum Gasteiger partial charge on any atom is -0.309 e. The topological polar surface area (TPSA) is 17.8 Å². The number of para-hydroxylation sites is 3. The molecule has 0 atom stereocenters. The molecule has 47 heavy (non-hydrogen) atoms. The van der Waals surface area contributed by atoms with Crippen molar-refractivity contribution in [1.82, 2.24) is 9.55 Å². The molecule has 0 unspecified atom stereocenters. The lowest BCUT2D eigenvalue weighted by Gasteiger charge is -2.15. The van der Waals surface area contributed by atoms with Crippen LogP contribution in [0.2, 0.25) is 0 Å². The van der Waals surface area contributed by atoms with Crippen LogP contribution >= 0.6 is 0 Å². The molecular weight excluding hydrogens is 569 g/mol. The summed E-state index contributed by atoms with van der Waals surface area (Å²) in [5.41, 5.74) is 9.09. The van der Waals surface area contributed by atoms with E-state index in [-0.39, 0.29) is 0 Å². The number of fused-ring (bicyclic) bond motifs is 10. The van der Waals surface area contributed by atoms with Gasteiger partial charge in [0.25, 0.3) is 0 Å². The van der Waals surface area contributed by atoms with Crippen molar-refractivity contribution in [2.24, 2.45) is 0 Å². The van der Waals surface area contributed by atoms with Gasteiger partial charge in [-0.3, -0.25) is 0 Å². The van der Waals surface area contributed by atoms with Crippen molar-refractivity contribution in [3.63, 3.8) is 0 Å². The van der Waals surface area contributed by atoms with Crippen LogP contribution in [0.5, 0.6) is 0 Å². The zero-order chi connectivity index (χ0) is 30.9. The monoisotopic (exact) mass is 596 g/mol. The average Bonchev–Trinajstić information content (AvgIpc) is 3.49. The fourth-order valence-electron chi connectivity index (χ4n) is 7.68. The Labute approximate surface area is 271 Å². The normalized spacial score (nSPS) is 11.8. The van der Waals surface area contributed by atoms with E-state index in [0.29, 0.717) is 0 Å². The summed E-state index contributed by atoms with van der Waals surface area (Å²) in [5.74, 6) is 0. The lowest BCUT2D eigenvalue weighted by atomic mass is 9.91. The van der Waals surface area contributed by atoms with E-state index in [0.717, 1.165) is 33.2 Å². The molecule has 0 saturated heterocycles. The van der Waals surface area contributed by atoms with Gasteiger partial charge in [0.15, 0.2) is 0 Å². The van der Waals surface area contributed by atoms with Crippen molar-refractivity contribution in [3.8, 4) is 28.1 Å². The number of nitrogens with zero attached hydrogens (tertiary/aromatic N) is 2. The number of hydrogen-bond donors (Lipinski definition) is 0. The molecular formula is C45H28N2. The fraction of sp³-hybridized carbons (Fsp3) is 0. The third kappa shape index (κ3) is 3.89. The van der Waals surface area contributed by atoms with E-state index in [4.69, 9.17) is 4.98 Å². The summed E-state index contributed by atoms with van der Waals surface area (Å²) >= 11 is 0. The molecule has 0 spiro atoms. The van der Waals surface area contributed by atoms with Crippen LogP contribution in [0.3, 0.4) is 0 Å². The van der Waals surface area contributed by atoms with Crippen molar-refractivity contribution in [2.45, 2.75) is 0 Å². The van der Waals surface area contributed by atoms with Gasteiger partial charge in [0.1, 0.15) is 0 Å². The van der Waals surface area contributed by atoms with Gasteiger partial charge < -0.3 is 4.57 Å². The van der Waals surface area contributed by atoms with Gasteiger partial charge in [-0.25, -0.2) is 4.98 Å². The number of pyridine rings is 1. The van der Waals surface area contributed by atoms with Crippen LogP contribution in [0.4, 0.5) is 0 Å². The second kappa shape index (κ2) is 10.1. The lowest BCUT2D eigenvalue weighted by molar-refractivity contribution is 1.19. The summed E-state index contributed by atoms with van der Waals surface area (Å²) in [4.78, 5) is 5.37. The van der Waals surface area contributed by atoms with Crippen LogP contribution in [0.1, 0.15) is 0 Å². The van der Waals surface area contributed by atoms with Crippen LogP contribution in [0.15, 0.2) is 170 Å². The van der Waals surface area contributed by atoms with Crippen LogP contribution < -0.4 is 0 Å². The van der Waals surface area contributed by atoms with Crippen LogP contribution in [0, 0.1) is 0 Å². The van der Waals surface area contributed by atoms with Crippen molar-refractivity contribution >= 4 is 65.0 Å². The molecule has 2 nitrogen and oxygen atoms in total. The number of rotatable bonds is 3. The van der Waals surface area contributed by atoms with Crippen molar-refractivity contribution < 1.29 is 0 Å². The van der Waals surface area contributed by atoms with Crippen LogP contribution in [-0.4, -0.2) is 9.55 Å². The molecule has 0 bridgehead atoms. The number of benzene rings is 8. The Hall–Kier alpha value is -6.25. The first-order valence-corrected chi connectivity index (χ1v) is 16.1. The highest BCUT2D eigenvalue weighted by atomic mass is 15.0. The van der Waals surface area contributed by atoms with Crippen LogP contribution in [-0.2, 0) is 0 Å². The first-order chi connectivity index (χ1) is 23.3. The molecule has 0 aliphatic carbocycles. The summed E-state index contributed by atoms with van der Waals surface area (Å²) in [5, 5.41) is 11.1. The van der Waals surface area contributed by atoms with Gasteiger partial charge in [-0.15, -0.1) is 0 Å². The minimum absolute atomic E-state index is 0.994. The Kier molecular flexibility index (Phi) is 5.61. The highest BCUT2D eigenvalue weighted by molar-refractivity contribution is 6.27. The van der Waals surface area contributed by atoms with Crippen LogP contribution in [0.25, 0.3) is 93.1 Å². The van der Waals surface area contributed by atoms with Gasteiger partial charge in [0.2, 0.25) is 0 Å². The summed E-state index contributed by atoms with van der Waals surface area (Å²) < 4.78 is 2.43. The standard InChI is InChI=1S/C45H28N2/c1-2-16-32(17-3-1)47-42-24-11-9-21-36(42)37-25-26-39-43(45(37)47)38-22-8-10-23-41(38)46-44(39)31-15-12-14-29(27-31)40-28-30-13-4-5-18-33(30)34-19-6-7-20-35(34)40/h1-28H. The highest BCUT2D eigenvalue weighted by Crippen LogP contribution is 2.43. The summed E-state index contributed by atoms with van der Waals surface area (Å²) in [6.07, 6.45) is 0. The summed E-state index contributed by atoms with van der Waals surface area (Å²) in [6.45, 7) is 0. The Balaban J connectivity index is 1.30. The van der Waals surface area contributed by atoms with Gasteiger partial charge in [-0.2, -0.15) is 0 Å². The molecule has 218 valence electrons. The Morgan fingerprint density at radius 3 is 1.94 bits per heavy atom. The van der Waals surface area contributed by atoms with E-state index in [1.165, 1.54) is 59.9 Å². The molecule has 8 aromatic carbocycles. The molecule has 2 aromatic heterocycles. The van der Waals surface area contributed by atoms with E-state index in [1.807, 2.05) is 0 Å². The van der Waals surface area contributed by atoms with E-state index >= 15 is 0 Å². The Morgan fingerprint density at radius 2 is 1.06 bits per heavy atom. The second-order valence-electron chi connectivity index (χ2n) is 12.3. The van der Waals surface area contributed by atoms with E-state index < -0.39 is 0 Å². The second-order valence-corrected chi connectivity index (χ2v) is 12.3. The Bertz CT molecular complexity index is 2840. The fourth-order valence-corrected chi connectivity index (χ4v) is 7.68. The van der Waals surface area contributed by atoms with Gasteiger partial charge in [0, 0.05) is 38.2 Å². The predicted octanol–water partition coefficient (Wildman–Crippen LogP) is 12.1. The highest BCUT2D eigenvalue weighted by Gasteiger charge is 2.20. The molecule has 0 radical (unpaired) electrons. The molecule has 0 saturated carbocycles. The van der Waals surface area contributed by atoms with Crippen molar-refractivity contribution in [3.05, 3.63) is 170 Å². The van der Waals surface area contributed by atoms with Gasteiger partial charge >= 0.3 is 0 Å². The maximum atomic E-state index is 5.37. The summed E-state index contributed by atoms with van der Waals surface area (Å²) in [7, 11) is 0. The molecule has 0 amide bonds. The molecule has 2 heterocycles. The third-order valence-electron chi connectivity index (χ3n) is 9.73. The Morgan fingerprint density at radius 1 is 0.404 bits per heavy atom. The quantitative estimate of drug-likeness (QED) is 0.186. The smallest absolute Gasteiger partial charge is 0.0789 e. The van der Waals surface area contributed by atoms with E-state index in [1.54, 1.807) is 0 Å². The molecule has 0 N–H and O–H groups in total. The van der Waals surface area contributed by atoms with Gasteiger partial charge in [-0.1, -0.05) is 133 Å². The molecule has 0 aliphatic rings. The predicted molar refractivity (Wildman–Crippen MR) is 199 cm³/mol.